The van der Waals surface area contributed by atoms with Crippen molar-refractivity contribution in [2.45, 2.75) is 18.2 Å². The molecule has 1 N–H and O–H groups in total. The third-order valence-electron chi connectivity index (χ3n) is 2.58. The summed E-state index contributed by atoms with van der Waals surface area (Å²) in [6.45, 7) is 2.59. The van der Waals surface area contributed by atoms with Gasteiger partial charge in [0, 0.05) is 26.6 Å². The van der Waals surface area contributed by atoms with Crippen LogP contribution in [-0.2, 0) is 14.8 Å². The van der Waals surface area contributed by atoms with Crippen molar-refractivity contribution >= 4 is 15.9 Å². The number of amides is 1. The fraction of sp³-hybridized carbons (Fsp3) is 0.417. The summed E-state index contributed by atoms with van der Waals surface area (Å²) in [6, 6.07) is 8.10. The van der Waals surface area contributed by atoms with Crippen molar-refractivity contribution in [3.8, 4) is 0 Å². The van der Waals surface area contributed by atoms with E-state index in [-0.39, 0.29) is 23.8 Å². The highest BCUT2D eigenvalue weighted by Crippen LogP contribution is 2.06. The maximum atomic E-state index is 11.8. The smallest absolute Gasteiger partial charge is 0.240 e. The van der Waals surface area contributed by atoms with Crippen molar-refractivity contribution in [2.24, 2.45) is 0 Å². The van der Waals surface area contributed by atoms with Gasteiger partial charge in [-0.1, -0.05) is 18.2 Å². The molecule has 5 nitrogen and oxygen atoms in total. The minimum Gasteiger partial charge on any atom is -0.346 e. The van der Waals surface area contributed by atoms with Gasteiger partial charge in [-0.2, -0.15) is 0 Å². The van der Waals surface area contributed by atoms with Crippen LogP contribution in [0.3, 0.4) is 0 Å². The first kappa shape index (κ1) is 14.7. The molecule has 1 aromatic rings. The number of carbonyl (C=O) groups excluding carboxylic acids is 1. The lowest BCUT2D eigenvalue weighted by Crippen LogP contribution is -2.32. The number of benzene rings is 1. The first-order valence-electron chi connectivity index (χ1n) is 5.76. The number of carbonyl (C=O) groups is 1. The van der Waals surface area contributed by atoms with Gasteiger partial charge in [-0.15, -0.1) is 0 Å². The van der Waals surface area contributed by atoms with Gasteiger partial charge in [0.05, 0.1) is 4.90 Å². The molecule has 0 heterocycles. The molecule has 0 spiro atoms. The topological polar surface area (TPSA) is 66.5 Å². The molecule has 0 unspecified atom stereocenters. The molecule has 0 aliphatic rings. The summed E-state index contributed by atoms with van der Waals surface area (Å²) in [6.07, 6.45) is 0.163. The Morgan fingerprint density at radius 2 is 1.89 bits per heavy atom. The molecule has 1 rings (SSSR count). The summed E-state index contributed by atoms with van der Waals surface area (Å²) < 4.78 is 26.0. The summed E-state index contributed by atoms with van der Waals surface area (Å²) in [4.78, 5) is 13.2. The highest BCUT2D eigenvalue weighted by Gasteiger charge is 2.14. The number of hydrogen-bond acceptors (Lipinski definition) is 3. The lowest BCUT2D eigenvalue weighted by Gasteiger charge is -2.14. The van der Waals surface area contributed by atoms with Crippen molar-refractivity contribution in [2.75, 3.05) is 20.1 Å². The maximum absolute atomic E-state index is 11.8. The van der Waals surface area contributed by atoms with Crippen LogP contribution in [0.2, 0.25) is 0 Å². The molecule has 0 radical (unpaired) electrons. The van der Waals surface area contributed by atoms with Crippen LogP contribution in [0.15, 0.2) is 35.2 Å². The molecule has 0 fully saturated rings. The average Bonchev–Trinajstić information content (AvgIpc) is 2.38. The van der Waals surface area contributed by atoms with Crippen LogP contribution < -0.4 is 4.72 Å². The Morgan fingerprint density at radius 3 is 2.44 bits per heavy atom. The minimum absolute atomic E-state index is 0.0757. The second kappa shape index (κ2) is 6.51. The first-order chi connectivity index (χ1) is 8.47. The lowest BCUT2D eigenvalue weighted by molar-refractivity contribution is -0.129. The summed E-state index contributed by atoms with van der Waals surface area (Å²) in [7, 11) is -1.82. The van der Waals surface area contributed by atoms with Crippen LogP contribution in [-0.4, -0.2) is 39.4 Å². The van der Waals surface area contributed by atoms with Gasteiger partial charge >= 0.3 is 0 Å². The molecule has 0 aliphatic heterocycles. The van der Waals surface area contributed by atoms with Gasteiger partial charge in [0.2, 0.25) is 15.9 Å². The molecule has 0 atom stereocenters. The van der Waals surface area contributed by atoms with Crippen molar-refractivity contribution in [3.63, 3.8) is 0 Å². The number of nitrogens with zero attached hydrogens (tertiary/aromatic N) is 1. The molecular weight excluding hydrogens is 252 g/mol. The average molecular weight is 270 g/mol. The van der Waals surface area contributed by atoms with Crippen LogP contribution in [0, 0.1) is 0 Å². The standard InChI is InChI=1S/C12H18N2O3S/c1-3-14(2)12(15)9-10-13-18(16,17)11-7-5-4-6-8-11/h4-8,13H,3,9-10H2,1-2H3. The van der Waals surface area contributed by atoms with Gasteiger partial charge in [0.1, 0.15) is 0 Å². The zero-order valence-corrected chi connectivity index (χ0v) is 11.4. The van der Waals surface area contributed by atoms with Gasteiger partial charge in [-0.05, 0) is 19.1 Å². The molecule has 0 saturated heterocycles. The van der Waals surface area contributed by atoms with Crippen molar-refractivity contribution in [1.29, 1.82) is 0 Å². The fourth-order valence-corrected chi connectivity index (χ4v) is 2.40. The summed E-state index contributed by atoms with van der Waals surface area (Å²) in [5.74, 6) is -0.0757. The molecule has 18 heavy (non-hydrogen) atoms. The monoisotopic (exact) mass is 270 g/mol. The van der Waals surface area contributed by atoms with Crippen LogP contribution in [0.4, 0.5) is 0 Å². The van der Waals surface area contributed by atoms with E-state index in [9.17, 15) is 13.2 Å². The van der Waals surface area contributed by atoms with E-state index < -0.39 is 10.0 Å². The summed E-state index contributed by atoms with van der Waals surface area (Å²) in [5, 5.41) is 0. The molecule has 0 bridgehead atoms. The first-order valence-corrected chi connectivity index (χ1v) is 7.24. The van der Waals surface area contributed by atoms with Crippen LogP contribution >= 0.6 is 0 Å². The van der Waals surface area contributed by atoms with Crippen molar-refractivity contribution in [1.82, 2.24) is 9.62 Å². The van der Waals surface area contributed by atoms with E-state index in [1.807, 2.05) is 6.92 Å². The highest BCUT2D eigenvalue weighted by molar-refractivity contribution is 7.89. The molecule has 100 valence electrons. The van der Waals surface area contributed by atoms with Crippen LogP contribution in [0.5, 0.6) is 0 Å². The molecule has 1 aromatic carbocycles. The van der Waals surface area contributed by atoms with Crippen molar-refractivity contribution < 1.29 is 13.2 Å². The van der Waals surface area contributed by atoms with E-state index in [1.54, 1.807) is 30.1 Å². The van der Waals surface area contributed by atoms with E-state index in [0.29, 0.717) is 6.54 Å². The number of rotatable bonds is 6. The van der Waals surface area contributed by atoms with Gasteiger partial charge in [0.15, 0.2) is 0 Å². The summed E-state index contributed by atoms with van der Waals surface area (Å²) >= 11 is 0. The molecule has 0 saturated carbocycles. The van der Waals surface area contributed by atoms with E-state index >= 15 is 0 Å². The third-order valence-corrected chi connectivity index (χ3v) is 4.06. The number of nitrogens with one attached hydrogen (secondary N) is 1. The Kier molecular flexibility index (Phi) is 5.30. The summed E-state index contributed by atoms with van der Waals surface area (Å²) in [5.41, 5.74) is 0. The largest absolute Gasteiger partial charge is 0.346 e. The molecule has 1 amide bonds. The van der Waals surface area contributed by atoms with Gasteiger partial charge in [0.25, 0.3) is 0 Å². The highest BCUT2D eigenvalue weighted by atomic mass is 32.2. The van der Waals surface area contributed by atoms with Crippen molar-refractivity contribution in [3.05, 3.63) is 30.3 Å². The van der Waals surface area contributed by atoms with Gasteiger partial charge in [-0.3, -0.25) is 4.79 Å². The zero-order chi connectivity index (χ0) is 13.6. The normalized spacial score (nSPS) is 11.2. The SMILES string of the molecule is CCN(C)C(=O)CCNS(=O)(=O)c1ccccc1. The molecule has 0 aromatic heterocycles. The Bertz CT molecular complexity index is 485. The zero-order valence-electron chi connectivity index (χ0n) is 10.6. The minimum atomic E-state index is -3.51. The van der Waals surface area contributed by atoms with E-state index in [2.05, 4.69) is 4.72 Å². The Hall–Kier alpha value is -1.40. The Labute approximate surface area is 108 Å². The van der Waals surface area contributed by atoms with E-state index in [4.69, 9.17) is 0 Å². The van der Waals surface area contributed by atoms with E-state index in [0.717, 1.165) is 0 Å². The second-order valence-electron chi connectivity index (χ2n) is 3.87. The molecular formula is C12H18N2O3S. The van der Waals surface area contributed by atoms with Crippen LogP contribution in [0.25, 0.3) is 0 Å². The molecule has 6 heteroatoms. The predicted molar refractivity (Wildman–Crippen MR) is 69.6 cm³/mol. The fourth-order valence-electron chi connectivity index (χ4n) is 1.34. The maximum Gasteiger partial charge on any atom is 0.240 e. The third kappa shape index (κ3) is 4.12. The predicted octanol–water partition coefficient (Wildman–Crippen LogP) is 0.833. The number of sulfonamides is 1. The molecule has 0 aliphatic carbocycles. The lowest BCUT2D eigenvalue weighted by atomic mass is 10.4. The Balaban J connectivity index is 2.52. The quantitative estimate of drug-likeness (QED) is 0.832. The number of hydrogen-bond donors (Lipinski definition) is 1. The van der Waals surface area contributed by atoms with Crippen LogP contribution in [0.1, 0.15) is 13.3 Å². The Morgan fingerprint density at radius 1 is 1.28 bits per heavy atom. The second-order valence-corrected chi connectivity index (χ2v) is 5.64. The van der Waals surface area contributed by atoms with Gasteiger partial charge in [-0.25, -0.2) is 13.1 Å². The van der Waals surface area contributed by atoms with Gasteiger partial charge < -0.3 is 4.90 Å². The van der Waals surface area contributed by atoms with E-state index in [1.165, 1.54) is 12.1 Å².